The lowest BCUT2D eigenvalue weighted by Gasteiger charge is -2.37. The standard InChI is InChI=1S/C11H20O/c1-8(2)11-5-9(11)6-12-10(3,4)7-11/h8-9H,5-7H2,1-4H3/t9-,11+/m1/s1. The highest BCUT2D eigenvalue weighted by atomic mass is 16.5. The molecule has 2 atom stereocenters. The zero-order chi connectivity index (χ0) is 8.98. The van der Waals surface area contributed by atoms with Crippen LogP contribution in [0.4, 0.5) is 0 Å². The first-order valence-corrected chi connectivity index (χ1v) is 5.10. The molecule has 1 nitrogen and oxygen atoms in total. The maximum atomic E-state index is 5.79. The third-order valence-electron chi connectivity index (χ3n) is 3.86. The maximum Gasteiger partial charge on any atom is 0.0632 e. The molecule has 12 heavy (non-hydrogen) atoms. The summed E-state index contributed by atoms with van der Waals surface area (Å²) in [7, 11) is 0. The van der Waals surface area contributed by atoms with Gasteiger partial charge < -0.3 is 4.74 Å². The smallest absolute Gasteiger partial charge is 0.0632 e. The van der Waals surface area contributed by atoms with Crippen molar-refractivity contribution >= 4 is 0 Å². The average molecular weight is 168 g/mol. The van der Waals surface area contributed by atoms with E-state index in [4.69, 9.17) is 4.74 Å². The highest BCUT2D eigenvalue weighted by Crippen LogP contribution is 2.64. The number of fused-ring (bicyclic) bond motifs is 1. The van der Waals surface area contributed by atoms with Gasteiger partial charge >= 0.3 is 0 Å². The van der Waals surface area contributed by atoms with E-state index in [2.05, 4.69) is 27.7 Å². The van der Waals surface area contributed by atoms with Gasteiger partial charge in [0, 0.05) is 0 Å². The molecule has 0 N–H and O–H groups in total. The van der Waals surface area contributed by atoms with Crippen molar-refractivity contribution in [3.05, 3.63) is 0 Å². The summed E-state index contributed by atoms with van der Waals surface area (Å²) in [5.74, 6) is 1.72. The molecule has 1 heteroatoms. The van der Waals surface area contributed by atoms with Gasteiger partial charge in [0.1, 0.15) is 0 Å². The van der Waals surface area contributed by atoms with E-state index in [1.807, 2.05) is 0 Å². The van der Waals surface area contributed by atoms with Crippen LogP contribution in [0.2, 0.25) is 0 Å². The molecule has 2 fully saturated rings. The number of rotatable bonds is 1. The van der Waals surface area contributed by atoms with Crippen LogP contribution >= 0.6 is 0 Å². The van der Waals surface area contributed by atoms with Crippen LogP contribution in [0.15, 0.2) is 0 Å². The van der Waals surface area contributed by atoms with Gasteiger partial charge in [-0.15, -0.1) is 0 Å². The van der Waals surface area contributed by atoms with Gasteiger partial charge in [0.25, 0.3) is 0 Å². The second-order valence-electron chi connectivity index (χ2n) is 5.54. The summed E-state index contributed by atoms with van der Waals surface area (Å²) in [4.78, 5) is 0. The molecule has 70 valence electrons. The zero-order valence-corrected chi connectivity index (χ0v) is 8.68. The van der Waals surface area contributed by atoms with Gasteiger partial charge in [-0.1, -0.05) is 13.8 Å². The minimum absolute atomic E-state index is 0.136. The first-order chi connectivity index (χ1) is 5.46. The molecular formula is C11H20O. The maximum absolute atomic E-state index is 5.79. The topological polar surface area (TPSA) is 9.23 Å². The van der Waals surface area contributed by atoms with Crippen LogP contribution in [0.5, 0.6) is 0 Å². The Kier molecular flexibility index (Phi) is 1.61. The molecule has 2 aliphatic rings. The summed E-state index contributed by atoms with van der Waals surface area (Å²) < 4.78 is 5.79. The Labute approximate surface area is 75.5 Å². The van der Waals surface area contributed by atoms with Crippen molar-refractivity contribution in [2.24, 2.45) is 17.3 Å². The molecule has 0 amide bonds. The van der Waals surface area contributed by atoms with E-state index in [1.165, 1.54) is 12.8 Å². The number of hydrogen-bond acceptors (Lipinski definition) is 1. The lowest BCUT2D eigenvalue weighted by molar-refractivity contribution is -0.0838. The lowest BCUT2D eigenvalue weighted by atomic mass is 9.79. The summed E-state index contributed by atoms with van der Waals surface area (Å²) in [5.41, 5.74) is 0.791. The lowest BCUT2D eigenvalue weighted by Crippen LogP contribution is -2.37. The predicted molar refractivity (Wildman–Crippen MR) is 50.0 cm³/mol. The molecule has 1 saturated heterocycles. The van der Waals surface area contributed by atoms with Crippen molar-refractivity contribution in [3.8, 4) is 0 Å². The fourth-order valence-corrected chi connectivity index (χ4v) is 2.92. The first kappa shape index (κ1) is 8.55. The van der Waals surface area contributed by atoms with Crippen molar-refractivity contribution < 1.29 is 4.74 Å². The van der Waals surface area contributed by atoms with Crippen LogP contribution in [0.1, 0.15) is 40.5 Å². The molecule has 2 rings (SSSR count). The molecule has 1 saturated carbocycles. The Morgan fingerprint density at radius 3 is 2.50 bits per heavy atom. The molecule has 0 aromatic heterocycles. The van der Waals surface area contributed by atoms with Gasteiger partial charge in [-0.25, -0.2) is 0 Å². The minimum atomic E-state index is 0.136. The largest absolute Gasteiger partial charge is 0.375 e. The second-order valence-corrected chi connectivity index (χ2v) is 5.54. The van der Waals surface area contributed by atoms with Crippen LogP contribution in [-0.2, 0) is 4.74 Å². The Morgan fingerprint density at radius 1 is 1.33 bits per heavy atom. The second kappa shape index (κ2) is 2.25. The zero-order valence-electron chi connectivity index (χ0n) is 8.68. The van der Waals surface area contributed by atoms with Crippen LogP contribution in [0, 0.1) is 17.3 Å². The molecule has 1 aliphatic carbocycles. The highest BCUT2D eigenvalue weighted by molar-refractivity contribution is 5.09. The Bertz CT molecular complexity index is 193. The summed E-state index contributed by atoms with van der Waals surface area (Å²) in [5, 5.41) is 0. The molecule has 0 unspecified atom stereocenters. The van der Waals surface area contributed by atoms with Crippen molar-refractivity contribution in [2.45, 2.75) is 46.1 Å². The summed E-state index contributed by atoms with van der Waals surface area (Å²) in [6.45, 7) is 10.2. The van der Waals surface area contributed by atoms with Gasteiger partial charge in [0.2, 0.25) is 0 Å². The highest BCUT2D eigenvalue weighted by Gasteiger charge is 2.60. The quantitative estimate of drug-likeness (QED) is 0.585. The average Bonchev–Trinajstić information content (AvgIpc) is 2.60. The van der Waals surface area contributed by atoms with E-state index in [0.717, 1.165) is 18.4 Å². The third-order valence-corrected chi connectivity index (χ3v) is 3.86. The molecule has 0 bridgehead atoms. The molecule has 1 heterocycles. The van der Waals surface area contributed by atoms with Gasteiger partial charge in [-0.2, -0.15) is 0 Å². The van der Waals surface area contributed by atoms with Crippen LogP contribution in [0.25, 0.3) is 0 Å². The normalized spacial score (nSPS) is 44.2. The van der Waals surface area contributed by atoms with E-state index in [-0.39, 0.29) is 5.60 Å². The van der Waals surface area contributed by atoms with E-state index in [9.17, 15) is 0 Å². The van der Waals surface area contributed by atoms with Crippen LogP contribution < -0.4 is 0 Å². The van der Waals surface area contributed by atoms with Crippen LogP contribution in [-0.4, -0.2) is 12.2 Å². The fourth-order valence-electron chi connectivity index (χ4n) is 2.92. The minimum Gasteiger partial charge on any atom is -0.375 e. The Hall–Kier alpha value is -0.0400. The van der Waals surface area contributed by atoms with Gasteiger partial charge in [-0.05, 0) is 43.9 Å². The van der Waals surface area contributed by atoms with Gasteiger partial charge in [0.15, 0.2) is 0 Å². The van der Waals surface area contributed by atoms with Crippen molar-refractivity contribution in [2.75, 3.05) is 6.61 Å². The van der Waals surface area contributed by atoms with Crippen molar-refractivity contribution in [1.82, 2.24) is 0 Å². The molecule has 0 aromatic carbocycles. The van der Waals surface area contributed by atoms with Crippen LogP contribution in [0.3, 0.4) is 0 Å². The van der Waals surface area contributed by atoms with E-state index in [1.54, 1.807) is 0 Å². The molecule has 0 aromatic rings. The fraction of sp³-hybridized carbons (Fsp3) is 1.00. The van der Waals surface area contributed by atoms with Gasteiger partial charge in [-0.3, -0.25) is 0 Å². The summed E-state index contributed by atoms with van der Waals surface area (Å²) in [6, 6.07) is 0. The molecule has 0 spiro atoms. The van der Waals surface area contributed by atoms with Crippen molar-refractivity contribution in [3.63, 3.8) is 0 Å². The number of ether oxygens (including phenoxy) is 1. The summed E-state index contributed by atoms with van der Waals surface area (Å²) in [6.07, 6.45) is 2.68. The predicted octanol–water partition coefficient (Wildman–Crippen LogP) is 2.85. The monoisotopic (exact) mass is 168 g/mol. The summed E-state index contributed by atoms with van der Waals surface area (Å²) >= 11 is 0. The van der Waals surface area contributed by atoms with E-state index < -0.39 is 0 Å². The molecule has 0 radical (unpaired) electrons. The van der Waals surface area contributed by atoms with Gasteiger partial charge in [0.05, 0.1) is 12.2 Å². The molecular weight excluding hydrogens is 148 g/mol. The Balaban J connectivity index is 2.12. The number of hydrogen-bond donors (Lipinski definition) is 0. The Morgan fingerprint density at radius 2 is 2.00 bits per heavy atom. The first-order valence-electron chi connectivity index (χ1n) is 5.10. The third kappa shape index (κ3) is 1.10. The van der Waals surface area contributed by atoms with Crippen molar-refractivity contribution in [1.29, 1.82) is 0 Å². The van der Waals surface area contributed by atoms with E-state index in [0.29, 0.717) is 5.41 Å². The van der Waals surface area contributed by atoms with E-state index >= 15 is 0 Å². The molecule has 1 aliphatic heterocycles. The SMILES string of the molecule is CC(C)[C@@]12C[C@@H]1COC(C)(C)C2.